The van der Waals surface area contributed by atoms with Crippen LogP contribution in [0.2, 0.25) is 15.1 Å². The highest BCUT2D eigenvalue weighted by atomic mass is 35.5. The van der Waals surface area contributed by atoms with Gasteiger partial charge in [0.15, 0.2) is 0 Å². The lowest BCUT2D eigenvalue weighted by molar-refractivity contribution is 0.259. The van der Waals surface area contributed by atoms with Gasteiger partial charge < -0.3 is 9.84 Å². The van der Waals surface area contributed by atoms with Crippen molar-refractivity contribution in [2.75, 3.05) is 0 Å². The molecule has 2 rings (SSSR count). The first-order valence-electron chi connectivity index (χ1n) is 5.66. The van der Waals surface area contributed by atoms with Crippen molar-refractivity contribution < 1.29 is 14.2 Å². The largest absolute Gasteiger partial charge is 0.487 e. The number of hydrogen-bond donors (Lipinski definition) is 1. The lowest BCUT2D eigenvalue weighted by Crippen LogP contribution is -2.00. The molecule has 0 amide bonds. The van der Waals surface area contributed by atoms with Gasteiger partial charge in [0.2, 0.25) is 0 Å². The van der Waals surface area contributed by atoms with Crippen molar-refractivity contribution in [2.24, 2.45) is 0 Å². The number of aliphatic hydroxyl groups excluding tert-OH is 1. The first-order valence-corrected chi connectivity index (χ1v) is 6.80. The fourth-order valence-electron chi connectivity index (χ4n) is 1.68. The van der Waals surface area contributed by atoms with E-state index < -0.39 is 5.82 Å². The number of aliphatic hydroxyl groups is 1. The van der Waals surface area contributed by atoms with Crippen molar-refractivity contribution in [3.8, 4) is 5.75 Å². The Morgan fingerprint density at radius 3 is 2.40 bits per heavy atom. The molecule has 0 aliphatic rings. The first kappa shape index (κ1) is 15.4. The lowest BCUT2D eigenvalue weighted by atomic mass is 10.2. The van der Waals surface area contributed by atoms with Crippen LogP contribution < -0.4 is 4.74 Å². The number of rotatable bonds is 4. The molecule has 0 aliphatic carbocycles. The van der Waals surface area contributed by atoms with Crippen LogP contribution in [0.5, 0.6) is 5.75 Å². The Hall–Kier alpha value is -1.00. The summed E-state index contributed by atoms with van der Waals surface area (Å²) in [5.41, 5.74) is 1.09. The average molecular weight is 336 g/mol. The monoisotopic (exact) mass is 334 g/mol. The Morgan fingerprint density at radius 2 is 1.75 bits per heavy atom. The summed E-state index contributed by atoms with van der Waals surface area (Å²) in [4.78, 5) is 0. The predicted molar refractivity (Wildman–Crippen MR) is 78.1 cm³/mol. The van der Waals surface area contributed by atoms with E-state index in [2.05, 4.69) is 0 Å². The molecule has 2 aromatic carbocycles. The molecule has 0 spiro atoms. The number of ether oxygens (including phenoxy) is 1. The summed E-state index contributed by atoms with van der Waals surface area (Å²) < 4.78 is 18.5. The zero-order valence-corrected chi connectivity index (χ0v) is 12.4. The molecule has 106 valence electrons. The van der Waals surface area contributed by atoms with Crippen molar-refractivity contribution in [3.05, 3.63) is 62.3 Å². The van der Waals surface area contributed by atoms with Gasteiger partial charge in [-0.25, -0.2) is 4.39 Å². The Bertz CT molecular complexity index is 632. The maximum absolute atomic E-state index is 12.9. The summed E-state index contributed by atoms with van der Waals surface area (Å²) in [5.74, 6) is -0.0849. The second kappa shape index (κ2) is 6.64. The summed E-state index contributed by atoms with van der Waals surface area (Å²) in [6, 6.07) is 7.11. The predicted octanol–water partition coefficient (Wildman–Crippen LogP) is 4.86. The summed E-state index contributed by atoms with van der Waals surface area (Å²) in [7, 11) is 0. The van der Waals surface area contributed by atoms with Gasteiger partial charge in [-0.3, -0.25) is 0 Å². The normalized spacial score (nSPS) is 10.7. The highest BCUT2D eigenvalue weighted by Gasteiger charge is 2.11. The Morgan fingerprint density at radius 1 is 1.00 bits per heavy atom. The van der Waals surface area contributed by atoms with Crippen LogP contribution in [-0.4, -0.2) is 5.11 Å². The maximum Gasteiger partial charge on any atom is 0.144 e. The molecule has 2 nitrogen and oxygen atoms in total. The minimum atomic E-state index is -0.417. The summed E-state index contributed by atoms with van der Waals surface area (Å²) in [5, 5.41) is 10.2. The number of halogens is 4. The van der Waals surface area contributed by atoms with E-state index in [1.165, 1.54) is 24.3 Å². The van der Waals surface area contributed by atoms with Crippen LogP contribution in [0.1, 0.15) is 11.1 Å². The van der Waals surface area contributed by atoms with E-state index in [0.717, 1.165) is 0 Å². The molecule has 1 N–H and O–H groups in total. The topological polar surface area (TPSA) is 29.5 Å². The molecule has 0 aliphatic heterocycles. The molecule has 0 heterocycles. The minimum absolute atomic E-state index is 0.105. The first-order chi connectivity index (χ1) is 9.51. The van der Waals surface area contributed by atoms with Crippen LogP contribution in [-0.2, 0) is 13.2 Å². The second-order valence-corrected chi connectivity index (χ2v) is 5.31. The lowest BCUT2D eigenvalue weighted by Gasteiger charge is -2.13. The summed E-state index contributed by atoms with van der Waals surface area (Å²) in [6.07, 6.45) is 0. The van der Waals surface area contributed by atoms with E-state index in [4.69, 9.17) is 39.5 Å². The standard InChI is InChI=1S/C14H10Cl3FO2/c15-10-3-9(6-19)14(13(17)4-10)20-7-8-1-2-11(18)5-12(8)16/h1-5,19H,6-7H2. The van der Waals surface area contributed by atoms with Crippen molar-refractivity contribution >= 4 is 34.8 Å². The van der Waals surface area contributed by atoms with Crippen LogP contribution >= 0.6 is 34.8 Å². The zero-order valence-electron chi connectivity index (χ0n) is 10.2. The smallest absolute Gasteiger partial charge is 0.144 e. The van der Waals surface area contributed by atoms with Crippen LogP contribution in [0, 0.1) is 5.82 Å². The molecule has 0 saturated carbocycles. The Kier molecular flexibility index (Phi) is 5.11. The van der Waals surface area contributed by atoms with Gasteiger partial charge in [-0.1, -0.05) is 40.9 Å². The van der Waals surface area contributed by atoms with Crippen molar-refractivity contribution in [3.63, 3.8) is 0 Å². The molecule has 0 aromatic heterocycles. The SMILES string of the molecule is OCc1cc(Cl)cc(Cl)c1OCc1ccc(F)cc1Cl. The average Bonchev–Trinajstić information content (AvgIpc) is 2.38. The molecule has 0 atom stereocenters. The van der Waals surface area contributed by atoms with Gasteiger partial charge in [0, 0.05) is 16.1 Å². The molecule has 0 saturated heterocycles. The quantitative estimate of drug-likeness (QED) is 0.865. The molecule has 0 bridgehead atoms. The third kappa shape index (κ3) is 3.55. The fraction of sp³-hybridized carbons (Fsp3) is 0.143. The fourth-order valence-corrected chi connectivity index (χ4v) is 2.49. The highest BCUT2D eigenvalue weighted by Crippen LogP contribution is 2.33. The third-order valence-electron chi connectivity index (χ3n) is 2.64. The van der Waals surface area contributed by atoms with Crippen LogP contribution in [0.25, 0.3) is 0 Å². The highest BCUT2D eigenvalue weighted by molar-refractivity contribution is 6.35. The minimum Gasteiger partial charge on any atom is -0.487 e. The molecule has 6 heteroatoms. The summed E-state index contributed by atoms with van der Waals surface area (Å²) >= 11 is 17.8. The molecule has 20 heavy (non-hydrogen) atoms. The van der Waals surface area contributed by atoms with Crippen LogP contribution in [0.15, 0.2) is 30.3 Å². The molecular weight excluding hydrogens is 326 g/mol. The van der Waals surface area contributed by atoms with Crippen molar-refractivity contribution in [2.45, 2.75) is 13.2 Å². The van der Waals surface area contributed by atoms with E-state index in [9.17, 15) is 9.50 Å². The van der Waals surface area contributed by atoms with Crippen molar-refractivity contribution in [1.29, 1.82) is 0 Å². The van der Waals surface area contributed by atoms with E-state index in [1.54, 1.807) is 6.07 Å². The Labute approximate surface area is 130 Å². The van der Waals surface area contributed by atoms with E-state index >= 15 is 0 Å². The second-order valence-electron chi connectivity index (χ2n) is 4.06. The molecule has 0 fully saturated rings. The Balaban J connectivity index is 2.22. The van der Waals surface area contributed by atoms with E-state index in [0.29, 0.717) is 26.9 Å². The number of benzene rings is 2. The van der Waals surface area contributed by atoms with Gasteiger partial charge >= 0.3 is 0 Å². The van der Waals surface area contributed by atoms with E-state index in [-0.39, 0.29) is 18.2 Å². The molecular formula is C14H10Cl3FO2. The third-order valence-corrected chi connectivity index (χ3v) is 3.49. The zero-order chi connectivity index (χ0) is 14.7. The van der Waals surface area contributed by atoms with Crippen LogP contribution in [0.3, 0.4) is 0 Å². The van der Waals surface area contributed by atoms with Gasteiger partial charge in [0.25, 0.3) is 0 Å². The maximum atomic E-state index is 12.9. The molecule has 0 radical (unpaired) electrons. The molecule has 2 aromatic rings. The van der Waals surface area contributed by atoms with Gasteiger partial charge in [-0.2, -0.15) is 0 Å². The van der Waals surface area contributed by atoms with Gasteiger partial charge in [-0.05, 0) is 24.3 Å². The van der Waals surface area contributed by atoms with Gasteiger partial charge in [0.1, 0.15) is 18.2 Å². The van der Waals surface area contributed by atoms with Crippen LogP contribution in [0.4, 0.5) is 4.39 Å². The van der Waals surface area contributed by atoms with Gasteiger partial charge in [-0.15, -0.1) is 0 Å². The number of hydrogen-bond acceptors (Lipinski definition) is 2. The van der Waals surface area contributed by atoms with Gasteiger partial charge in [0.05, 0.1) is 16.7 Å². The molecule has 0 unspecified atom stereocenters. The van der Waals surface area contributed by atoms with E-state index in [1.807, 2.05) is 0 Å². The van der Waals surface area contributed by atoms with Crippen molar-refractivity contribution in [1.82, 2.24) is 0 Å². The summed E-state index contributed by atoms with van der Waals surface area (Å²) in [6.45, 7) is -0.153.